The van der Waals surface area contributed by atoms with Crippen molar-refractivity contribution >= 4 is 16.9 Å². The zero-order valence-electron chi connectivity index (χ0n) is 12.1. The lowest BCUT2D eigenvalue weighted by molar-refractivity contribution is 0.0685. The second kappa shape index (κ2) is 5.72. The first-order valence-electron chi connectivity index (χ1n) is 7.43. The number of benzene rings is 1. The third kappa shape index (κ3) is 2.84. The number of aromatic nitrogens is 1. The normalized spacial score (nSPS) is 22.1. The number of fused-ring (bicyclic) bond motifs is 1. The Morgan fingerprint density at radius 3 is 2.90 bits per heavy atom. The van der Waals surface area contributed by atoms with Crippen molar-refractivity contribution in [2.24, 2.45) is 5.92 Å². The van der Waals surface area contributed by atoms with Gasteiger partial charge in [0.25, 0.3) is 0 Å². The number of para-hydroxylation sites is 1. The Morgan fingerprint density at radius 1 is 1.33 bits per heavy atom. The van der Waals surface area contributed by atoms with Crippen LogP contribution >= 0.6 is 0 Å². The largest absolute Gasteiger partial charge is 0.488 e. The number of pyridine rings is 1. The quantitative estimate of drug-likeness (QED) is 0.929. The number of ether oxygens (including phenoxy) is 1. The summed E-state index contributed by atoms with van der Waals surface area (Å²) < 4.78 is 5.98. The van der Waals surface area contributed by atoms with Gasteiger partial charge in [-0.3, -0.25) is 4.98 Å². The molecule has 1 fully saturated rings. The Morgan fingerprint density at radius 2 is 2.14 bits per heavy atom. The molecule has 21 heavy (non-hydrogen) atoms. The van der Waals surface area contributed by atoms with Crippen LogP contribution in [0.15, 0.2) is 30.5 Å². The molecule has 0 radical (unpaired) electrons. The maximum Gasteiger partial charge on any atom is 0.340 e. The van der Waals surface area contributed by atoms with Crippen molar-refractivity contribution in [3.8, 4) is 5.75 Å². The molecule has 0 spiro atoms. The smallest absolute Gasteiger partial charge is 0.340 e. The Bertz CT molecular complexity index is 668. The van der Waals surface area contributed by atoms with E-state index in [4.69, 9.17) is 4.74 Å². The molecule has 1 aliphatic carbocycles. The molecule has 1 heterocycles. The van der Waals surface area contributed by atoms with E-state index in [2.05, 4.69) is 11.9 Å². The Balaban J connectivity index is 1.97. The van der Waals surface area contributed by atoms with Crippen molar-refractivity contribution in [2.75, 3.05) is 0 Å². The summed E-state index contributed by atoms with van der Waals surface area (Å²) in [4.78, 5) is 16.0. The van der Waals surface area contributed by atoms with Gasteiger partial charge in [0.1, 0.15) is 5.56 Å². The maximum atomic E-state index is 11.6. The summed E-state index contributed by atoms with van der Waals surface area (Å²) in [6, 6.07) is 7.27. The molecule has 0 aliphatic heterocycles. The average molecular weight is 285 g/mol. The zero-order valence-corrected chi connectivity index (χ0v) is 12.1. The molecule has 4 nitrogen and oxygen atoms in total. The molecular weight excluding hydrogens is 266 g/mol. The minimum atomic E-state index is -0.965. The minimum Gasteiger partial charge on any atom is -0.488 e. The van der Waals surface area contributed by atoms with Gasteiger partial charge in [-0.25, -0.2) is 4.79 Å². The van der Waals surface area contributed by atoms with E-state index in [1.54, 1.807) is 12.3 Å². The predicted octanol–water partition coefficient (Wildman–Crippen LogP) is 3.89. The van der Waals surface area contributed by atoms with Gasteiger partial charge in [-0.1, -0.05) is 31.5 Å². The molecule has 1 saturated carbocycles. The maximum absolute atomic E-state index is 11.6. The predicted molar refractivity (Wildman–Crippen MR) is 80.8 cm³/mol. The van der Waals surface area contributed by atoms with Crippen molar-refractivity contribution in [1.82, 2.24) is 4.98 Å². The summed E-state index contributed by atoms with van der Waals surface area (Å²) in [7, 11) is 0. The minimum absolute atomic E-state index is 0.0924. The number of aromatic carboxylic acids is 1. The van der Waals surface area contributed by atoms with E-state index in [1.165, 1.54) is 6.42 Å². The zero-order chi connectivity index (χ0) is 14.8. The summed E-state index contributed by atoms with van der Waals surface area (Å²) in [6.07, 6.45) is 5.96. The topological polar surface area (TPSA) is 59.4 Å². The number of carbonyl (C=O) groups is 1. The van der Waals surface area contributed by atoms with Crippen LogP contribution in [0.25, 0.3) is 10.9 Å². The molecule has 110 valence electrons. The number of hydrogen-bond acceptors (Lipinski definition) is 3. The van der Waals surface area contributed by atoms with Crippen molar-refractivity contribution in [2.45, 2.75) is 38.7 Å². The second-order valence-corrected chi connectivity index (χ2v) is 5.83. The first kappa shape index (κ1) is 13.9. The number of carboxylic acid groups (broad SMARTS) is 1. The van der Waals surface area contributed by atoms with E-state index in [0.29, 0.717) is 22.6 Å². The summed E-state index contributed by atoms with van der Waals surface area (Å²) in [6.45, 7) is 2.21. The Hall–Kier alpha value is -2.10. The number of hydrogen-bond donors (Lipinski definition) is 1. The third-order valence-corrected chi connectivity index (χ3v) is 4.14. The first-order valence-corrected chi connectivity index (χ1v) is 7.43. The lowest BCUT2D eigenvalue weighted by atomic mass is 9.88. The van der Waals surface area contributed by atoms with Crippen LogP contribution in [0, 0.1) is 5.92 Å². The highest BCUT2D eigenvalue weighted by Crippen LogP contribution is 2.31. The van der Waals surface area contributed by atoms with Crippen LogP contribution in [0.5, 0.6) is 5.75 Å². The monoisotopic (exact) mass is 285 g/mol. The van der Waals surface area contributed by atoms with Gasteiger partial charge in [-0.2, -0.15) is 0 Å². The van der Waals surface area contributed by atoms with Gasteiger partial charge in [0.15, 0.2) is 5.75 Å². The fraction of sp³-hybridized carbons (Fsp3) is 0.412. The highest BCUT2D eigenvalue weighted by Gasteiger charge is 2.23. The summed E-state index contributed by atoms with van der Waals surface area (Å²) in [5, 5.41) is 10.2. The van der Waals surface area contributed by atoms with Crippen LogP contribution < -0.4 is 4.74 Å². The molecule has 1 aromatic heterocycles. The third-order valence-electron chi connectivity index (χ3n) is 4.14. The average Bonchev–Trinajstić information content (AvgIpc) is 2.46. The van der Waals surface area contributed by atoms with Crippen molar-refractivity contribution in [3.63, 3.8) is 0 Å². The van der Waals surface area contributed by atoms with Crippen LogP contribution in [0.4, 0.5) is 0 Å². The lowest BCUT2D eigenvalue weighted by Gasteiger charge is -2.27. The summed E-state index contributed by atoms with van der Waals surface area (Å²) in [5.74, 6) is 0.0539. The van der Waals surface area contributed by atoms with Gasteiger partial charge in [-0.05, 0) is 31.2 Å². The molecular formula is C17H19NO3. The van der Waals surface area contributed by atoms with Crippen molar-refractivity contribution in [1.29, 1.82) is 0 Å². The van der Waals surface area contributed by atoms with Crippen LogP contribution in [0.2, 0.25) is 0 Å². The second-order valence-electron chi connectivity index (χ2n) is 5.83. The van der Waals surface area contributed by atoms with E-state index in [9.17, 15) is 9.90 Å². The van der Waals surface area contributed by atoms with E-state index >= 15 is 0 Å². The van der Waals surface area contributed by atoms with Crippen LogP contribution in [0.1, 0.15) is 43.0 Å². The first-order chi connectivity index (χ1) is 10.1. The van der Waals surface area contributed by atoms with E-state index in [1.807, 2.05) is 18.2 Å². The number of carboxylic acids is 1. The molecule has 2 aromatic rings. The van der Waals surface area contributed by atoms with Crippen molar-refractivity contribution < 1.29 is 14.6 Å². The van der Waals surface area contributed by atoms with Crippen LogP contribution in [-0.2, 0) is 0 Å². The van der Waals surface area contributed by atoms with E-state index < -0.39 is 5.97 Å². The fourth-order valence-electron chi connectivity index (χ4n) is 3.10. The van der Waals surface area contributed by atoms with Gasteiger partial charge < -0.3 is 9.84 Å². The van der Waals surface area contributed by atoms with E-state index in [-0.39, 0.29) is 11.7 Å². The molecule has 2 unspecified atom stereocenters. The Kier molecular flexibility index (Phi) is 3.78. The molecule has 2 atom stereocenters. The van der Waals surface area contributed by atoms with Gasteiger partial charge in [0.05, 0.1) is 17.8 Å². The highest BCUT2D eigenvalue weighted by atomic mass is 16.5. The molecule has 3 rings (SSSR count). The number of nitrogens with zero attached hydrogens (tertiary/aromatic N) is 1. The van der Waals surface area contributed by atoms with Gasteiger partial charge >= 0.3 is 5.97 Å². The van der Waals surface area contributed by atoms with Crippen LogP contribution in [-0.4, -0.2) is 22.2 Å². The fourth-order valence-corrected chi connectivity index (χ4v) is 3.10. The molecule has 1 aliphatic rings. The summed E-state index contributed by atoms with van der Waals surface area (Å²) in [5.41, 5.74) is 0.901. The van der Waals surface area contributed by atoms with Gasteiger partial charge in [0, 0.05) is 5.39 Å². The Labute approximate surface area is 123 Å². The molecule has 1 aromatic carbocycles. The molecule has 1 N–H and O–H groups in total. The SMILES string of the molecule is CC1CCCC(Oc2cnc3ccccc3c2C(=O)O)C1. The highest BCUT2D eigenvalue weighted by molar-refractivity contribution is 6.04. The van der Waals surface area contributed by atoms with Crippen LogP contribution in [0.3, 0.4) is 0 Å². The van der Waals surface area contributed by atoms with Gasteiger partial charge in [0.2, 0.25) is 0 Å². The lowest BCUT2D eigenvalue weighted by Crippen LogP contribution is -2.25. The molecule has 0 bridgehead atoms. The molecule has 0 amide bonds. The molecule has 0 saturated heterocycles. The summed E-state index contributed by atoms with van der Waals surface area (Å²) >= 11 is 0. The van der Waals surface area contributed by atoms with E-state index in [0.717, 1.165) is 19.3 Å². The van der Waals surface area contributed by atoms with Gasteiger partial charge in [-0.15, -0.1) is 0 Å². The molecule has 4 heteroatoms. The van der Waals surface area contributed by atoms with Crippen molar-refractivity contribution in [3.05, 3.63) is 36.0 Å². The standard InChI is InChI=1S/C17H19NO3/c1-11-5-4-6-12(9-11)21-15-10-18-14-8-3-2-7-13(14)16(15)17(19)20/h2-3,7-8,10-12H,4-6,9H2,1H3,(H,19,20). The number of rotatable bonds is 3.